The summed E-state index contributed by atoms with van der Waals surface area (Å²) in [5, 5.41) is 1.04. The van der Waals surface area contributed by atoms with Gasteiger partial charge in [0.05, 0.1) is 20.9 Å². The first-order valence-electron chi connectivity index (χ1n) is 10.5. The molecule has 4 aromatic rings. The Morgan fingerprint density at radius 1 is 1.07 bits per heavy atom. The lowest BCUT2D eigenvalue weighted by atomic mass is 10.0. The zero-order chi connectivity index (χ0) is 20.2. The predicted octanol–water partition coefficient (Wildman–Crippen LogP) is 4.53. The zero-order valence-electron chi connectivity index (χ0n) is 16.8. The van der Waals surface area contributed by atoms with Crippen molar-refractivity contribution < 1.29 is 0 Å². The molecule has 1 aromatic carbocycles. The maximum absolute atomic E-state index is 12.9. The third-order valence-corrected chi connectivity index (χ3v) is 7.06. The fourth-order valence-corrected chi connectivity index (χ4v) is 5.22. The van der Waals surface area contributed by atoms with Crippen LogP contribution in [0.3, 0.4) is 0 Å². The number of benzene rings is 1. The third kappa shape index (κ3) is 3.16. The lowest BCUT2D eigenvalue weighted by Crippen LogP contribution is -2.30. The normalized spacial score (nSPS) is 17.6. The summed E-state index contributed by atoms with van der Waals surface area (Å²) in [6.45, 7) is 4.14. The van der Waals surface area contributed by atoms with Gasteiger partial charge in [-0.3, -0.25) is 14.1 Å². The molecule has 150 valence electrons. The third-order valence-electron chi connectivity index (χ3n) is 6.13. The van der Waals surface area contributed by atoms with Gasteiger partial charge in [0, 0.05) is 37.0 Å². The Kier molecular flexibility index (Phi) is 4.11. The van der Waals surface area contributed by atoms with Crippen LogP contribution < -0.4 is 5.56 Å². The molecule has 0 spiro atoms. The van der Waals surface area contributed by atoms with Crippen molar-refractivity contribution in [3.63, 3.8) is 0 Å². The van der Waals surface area contributed by atoms with Gasteiger partial charge in [0.15, 0.2) is 0 Å². The minimum atomic E-state index is -0.0477. The van der Waals surface area contributed by atoms with Crippen molar-refractivity contribution in [1.29, 1.82) is 0 Å². The quantitative estimate of drug-likeness (QED) is 0.494. The van der Waals surface area contributed by atoms with Crippen molar-refractivity contribution >= 4 is 32.8 Å². The number of aromatic nitrogens is 3. The van der Waals surface area contributed by atoms with Gasteiger partial charge in [-0.15, -0.1) is 11.3 Å². The minimum Gasteiger partial charge on any atom is -0.296 e. The number of thiazole rings is 1. The maximum atomic E-state index is 12.9. The number of rotatable bonds is 3. The van der Waals surface area contributed by atoms with E-state index in [2.05, 4.69) is 28.1 Å². The van der Waals surface area contributed by atoms with E-state index < -0.39 is 0 Å². The van der Waals surface area contributed by atoms with E-state index in [1.165, 1.54) is 18.4 Å². The van der Waals surface area contributed by atoms with Crippen molar-refractivity contribution in [2.24, 2.45) is 0 Å². The molecule has 0 saturated heterocycles. The van der Waals surface area contributed by atoms with Crippen molar-refractivity contribution in [3.05, 3.63) is 69.6 Å². The fourth-order valence-electron chi connectivity index (χ4n) is 4.36. The topological polar surface area (TPSA) is 50.5 Å². The van der Waals surface area contributed by atoms with E-state index in [9.17, 15) is 4.79 Å². The standard InChI is InChI=1S/C24H22N4OS/c1-15-25-20-6-2-17(12-22(20)30-15)21-13-24(29)28-14-18(3-7-23(28)26-21)16-8-10-27(11-9-16)19-4-5-19/h2-3,6-8,12-14,19H,4-5,9-11H2,1H3. The summed E-state index contributed by atoms with van der Waals surface area (Å²) in [5.74, 6) is 0. The monoisotopic (exact) mass is 414 g/mol. The van der Waals surface area contributed by atoms with Gasteiger partial charge in [-0.25, -0.2) is 9.97 Å². The molecule has 3 aromatic heterocycles. The molecule has 1 aliphatic heterocycles. The molecule has 6 rings (SSSR count). The highest BCUT2D eigenvalue weighted by molar-refractivity contribution is 7.18. The number of hydrogen-bond acceptors (Lipinski definition) is 5. The zero-order valence-corrected chi connectivity index (χ0v) is 17.7. The first-order valence-corrected chi connectivity index (χ1v) is 11.3. The van der Waals surface area contributed by atoms with E-state index >= 15 is 0 Å². The largest absolute Gasteiger partial charge is 0.296 e. The molecule has 1 fully saturated rings. The second kappa shape index (κ2) is 6.86. The van der Waals surface area contributed by atoms with E-state index in [0.29, 0.717) is 11.3 Å². The molecule has 0 unspecified atom stereocenters. The number of nitrogens with zero attached hydrogens (tertiary/aromatic N) is 4. The molecule has 2 aliphatic rings. The van der Waals surface area contributed by atoms with Gasteiger partial charge in [0.2, 0.25) is 0 Å². The summed E-state index contributed by atoms with van der Waals surface area (Å²) in [6.07, 6.45) is 8.00. The maximum Gasteiger partial charge on any atom is 0.258 e. The lowest BCUT2D eigenvalue weighted by molar-refractivity contribution is 0.291. The van der Waals surface area contributed by atoms with Crippen LogP contribution in [-0.4, -0.2) is 38.4 Å². The Labute approximate surface area is 178 Å². The molecule has 4 heterocycles. The summed E-state index contributed by atoms with van der Waals surface area (Å²) < 4.78 is 2.79. The van der Waals surface area contributed by atoms with Crippen molar-refractivity contribution in [2.45, 2.75) is 32.2 Å². The van der Waals surface area contributed by atoms with Crippen LogP contribution in [-0.2, 0) is 0 Å². The molecule has 5 nitrogen and oxygen atoms in total. The van der Waals surface area contributed by atoms with Crippen molar-refractivity contribution in [2.75, 3.05) is 13.1 Å². The first kappa shape index (κ1) is 18.0. The summed E-state index contributed by atoms with van der Waals surface area (Å²) in [7, 11) is 0. The van der Waals surface area contributed by atoms with E-state index in [1.54, 1.807) is 21.8 Å². The Morgan fingerprint density at radius 3 is 2.73 bits per heavy atom. The Morgan fingerprint density at radius 2 is 1.93 bits per heavy atom. The lowest BCUT2D eigenvalue weighted by Gasteiger charge is -2.26. The highest BCUT2D eigenvalue weighted by atomic mass is 32.1. The summed E-state index contributed by atoms with van der Waals surface area (Å²) in [6, 6.07) is 12.6. The van der Waals surface area contributed by atoms with Gasteiger partial charge < -0.3 is 0 Å². The highest BCUT2D eigenvalue weighted by Gasteiger charge is 2.29. The van der Waals surface area contributed by atoms with Crippen LogP contribution in [0.5, 0.6) is 0 Å². The van der Waals surface area contributed by atoms with Gasteiger partial charge in [-0.05, 0) is 61.6 Å². The SMILES string of the molecule is Cc1nc2ccc(-c3cc(=O)n4cc(C5=CCN(C6CC6)CC5)ccc4n3)cc2s1. The second-order valence-corrected chi connectivity index (χ2v) is 9.48. The smallest absolute Gasteiger partial charge is 0.258 e. The van der Waals surface area contributed by atoms with Gasteiger partial charge in [-0.2, -0.15) is 0 Å². The number of hydrogen-bond donors (Lipinski definition) is 0. The van der Waals surface area contributed by atoms with E-state index in [1.807, 2.05) is 31.3 Å². The highest BCUT2D eigenvalue weighted by Crippen LogP contribution is 2.31. The van der Waals surface area contributed by atoms with Crippen molar-refractivity contribution in [1.82, 2.24) is 19.3 Å². The molecule has 1 aliphatic carbocycles. The van der Waals surface area contributed by atoms with E-state index in [4.69, 9.17) is 4.98 Å². The van der Waals surface area contributed by atoms with Crippen LogP contribution in [0.25, 0.3) is 32.7 Å². The van der Waals surface area contributed by atoms with Gasteiger partial charge >= 0.3 is 0 Å². The van der Waals surface area contributed by atoms with Gasteiger partial charge in [0.25, 0.3) is 5.56 Å². The fraction of sp³-hybridized carbons (Fsp3) is 0.292. The molecule has 1 saturated carbocycles. The van der Waals surface area contributed by atoms with Crippen molar-refractivity contribution in [3.8, 4) is 11.3 Å². The van der Waals surface area contributed by atoms with Crippen LogP contribution in [0.15, 0.2) is 53.5 Å². The molecule has 0 radical (unpaired) electrons. The average molecular weight is 415 g/mol. The first-order chi connectivity index (χ1) is 14.6. The molecule has 0 amide bonds. The van der Waals surface area contributed by atoms with E-state index in [0.717, 1.165) is 51.9 Å². The molecule has 6 heteroatoms. The number of aryl methyl sites for hydroxylation is 1. The molecular weight excluding hydrogens is 392 g/mol. The van der Waals surface area contributed by atoms with Crippen LogP contribution in [0, 0.1) is 6.92 Å². The molecule has 0 bridgehead atoms. The summed E-state index contributed by atoms with van der Waals surface area (Å²) >= 11 is 1.66. The van der Waals surface area contributed by atoms with Gasteiger partial charge in [-0.1, -0.05) is 12.1 Å². The van der Waals surface area contributed by atoms with Crippen LogP contribution in [0.2, 0.25) is 0 Å². The summed E-state index contributed by atoms with van der Waals surface area (Å²) in [4.78, 5) is 24.8. The predicted molar refractivity (Wildman–Crippen MR) is 122 cm³/mol. The molecule has 0 atom stereocenters. The molecule has 30 heavy (non-hydrogen) atoms. The second-order valence-electron chi connectivity index (χ2n) is 8.25. The molecule has 0 N–H and O–H groups in total. The minimum absolute atomic E-state index is 0.0477. The summed E-state index contributed by atoms with van der Waals surface area (Å²) in [5.41, 5.74) is 5.73. The number of fused-ring (bicyclic) bond motifs is 2. The van der Waals surface area contributed by atoms with Crippen LogP contribution >= 0.6 is 11.3 Å². The average Bonchev–Trinajstić information content (AvgIpc) is 3.54. The van der Waals surface area contributed by atoms with Crippen LogP contribution in [0.4, 0.5) is 0 Å². The molecular formula is C24H22N4OS. The Balaban J connectivity index is 1.36. The Hall–Kier alpha value is -2.83. The Bertz CT molecular complexity index is 1380. The van der Waals surface area contributed by atoms with Gasteiger partial charge in [0.1, 0.15) is 5.65 Å². The van der Waals surface area contributed by atoms with Crippen LogP contribution in [0.1, 0.15) is 29.8 Å². The van der Waals surface area contributed by atoms with E-state index in [-0.39, 0.29) is 5.56 Å². The number of pyridine rings is 1.